The van der Waals surface area contributed by atoms with Crippen LogP contribution in [0.25, 0.3) is 0 Å². The quantitative estimate of drug-likeness (QED) is 0.771. The summed E-state index contributed by atoms with van der Waals surface area (Å²) in [7, 11) is -2.28. The van der Waals surface area contributed by atoms with Crippen molar-refractivity contribution in [3.63, 3.8) is 0 Å². The Kier molecular flexibility index (Phi) is 6.41. The Morgan fingerprint density at radius 3 is 2.60 bits per heavy atom. The summed E-state index contributed by atoms with van der Waals surface area (Å²) in [5, 5.41) is 3.07. The fourth-order valence-electron chi connectivity index (χ4n) is 2.20. The number of nitrogens with one attached hydrogen (secondary N) is 2. The van der Waals surface area contributed by atoms with Gasteiger partial charge in [-0.3, -0.25) is 4.79 Å². The number of ether oxygens (including phenoxy) is 1. The van der Waals surface area contributed by atoms with Gasteiger partial charge in [-0.25, -0.2) is 13.1 Å². The molecular weight excluding hydrogens is 364 g/mol. The molecule has 0 aromatic heterocycles. The summed E-state index contributed by atoms with van der Waals surface area (Å²) < 4.78 is 31.8. The van der Waals surface area contributed by atoms with Gasteiger partial charge in [-0.05, 0) is 36.8 Å². The number of carbonyl (C=O) groups is 1. The van der Waals surface area contributed by atoms with Crippen molar-refractivity contribution in [3.8, 4) is 5.75 Å². The lowest BCUT2D eigenvalue weighted by Crippen LogP contribution is -2.33. The van der Waals surface area contributed by atoms with Crippen LogP contribution in [0.5, 0.6) is 5.75 Å². The van der Waals surface area contributed by atoms with Crippen LogP contribution < -0.4 is 14.8 Å². The minimum Gasteiger partial charge on any atom is -0.496 e. The number of aryl methyl sites for hydroxylation is 1. The Labute approximate surface area is 152 Å². The zero-order valence-corrected chi connectivity index (χ0v) is 15.4. The molecule has 0 aliphatic heterocycles. The van der Waals surface area contributed by atoms with Crippen LogP contribution in [0.1, 0.15) is 11.1 Å². The first-order valence-electron chi connectivity index (χ1n) is 7.46. The second-order valence-corrected chi connectivity index (χ2v) is 7.64. The lowest BCUT2D eigenvalue weighted by molar-refractivity contribution is -0.115. The molecule has 1 amide bonds. The second-order valence-electron chi connectivity index (χ2n) is 5.40. The number of carbonyl (C=O) groups excluding carboxylic acids is 1. The summed E-state index contributed by atoms with van der Waals surface area (Å²) in [5.74, 6) is -0.371. The summed E-state index contributed by atoms with van der Waals surface area (Å²) in [6.07, 6.45) is 0. The summed E-state index contributed by atoms with van der Waals surface area (Å²) in [4.78, 5) is 12.0. The van der Waals surface area contributed by atoms with Crippen LogP contribution in [-0.2, 0) is 20.6 Å². The maximum Gasteiger partial charge on any atom is 0.239 e. The molecule has 2 aromatic carbocycles. The van der Waals surface area contributed by atoms with Gasteiger partial charge in [-0.1, -0.05) is 29.8 Å². The van der Waals surface area contributed by atoms with E-state index in [1.54, 1.807) is 24.3 Å². The number of sulfonamides is 1. The average molecular weight is 383 g/mol. The van der Waals surface area contributed by atoms with E-state index < -0.39 is 15.9 Å². The normalized spacial score (nSPS) is 11.2. The zero-order chi connectivity index (χ0) is 18.4. The average Bonchev–Trinajstić information content (AvgIpc) is 2.55. The molecule has 0 saturated carbocycles. The fraction of sp³-hybridized carbons (Fsp3) is 0.235. The van der Waals surface area contributed by atoms with E-state index >= 15 is 0 Å². The number of hydrogen-bond donors (Lipinski definition) is 2. The zero-order valence-electron chi connectivity index (χ0n) is 13.9. The molecule has 134 valence electrons. The minimum atomic E-state index is -3.73. The van der Waals surface area contributed by atoms with Crippen LogP contribution in [0.2, 0.25) is 5.02 Å². The number of halogens is 1. The van der Waals surface area contributed by atoms with Crippen molar-refractivity contribution in [3.05, 3.63) is 58.6 Å². The van der Waals surface area contributed by atoms with Gasteiger partial charge in [-0.15, -0.1) is 0 Å². The molecule has 0 saturated heterocycles. The van der Waals surface area contributed by atoms with E-state index in [-0.39, 0.29) is 12.3 Å². The topological polar surface area (TPSA) is 84.5 Å². The summed E-state index contributed by atoms with van der Waals surface area (Å²) in [6.45, 7) is 1.49. The number of methoxy groups -OCH3 is 1. The molecule has 25 heavy (non-hydrogen) atoms. The highest BCUT2D eigenvalue weighted by Gasteiger charge is 2.17. The van der Waals surface area contributed by atoms with E-state index in [0.717, 1.165) is 5.56 Å². The number of para-hydroxylation sites is 1. The maximum atomic E-state index is 12.2. The molecule has 2 N–H and O–H groups in total. The lowest BCUT2D eigenvalue weighted by Gasteiger charge is -2.11. The molecule has 0 heterocycles. The van der Waals surface area contributed by atoms with Gasteiger partial charge in [0.05, 0.1) is 19.4 Å². The Morgan fingerprint density at radius 2 is 1.92 bits per heavy atom. The van der Waals surface area contributed by atoms with Crippen LogP contribution in [0.15, 0.2) is 42.5 Å². The standard InChI is InChI=1S/C17H19ClN2O4S/c1-12-5-3-4-6-15(12)20-17(21)10-19-25(22,23)11-13-9-14(18)7-8-16(13)24-2/h3-9,19H,10-11H2,1-2H3,(H,20,21). The molecule has 0 spiro atoms. The Morgan fingerprint density at radius 1 is 1.20 bits per heavy atom. The van der Waals surface area contributed by atoms with E-state index in [1.165, 1.54) is 13.2 Å². The van der Waals surface area contributed by atoms with Crippen LogP contribution in [-0.4, -0.2) is 28.0 Å². The highest BCUT2D eigenvalue weighted by molar-refractivity contribution is 7.88. The van der Waals surface area contributed by atoms with Gasteiger partial charge in [0.1, 0.15) is 5.75 Å². The number of anilines is 1. The molecular formula is C17H19ClN2O4S. The highest BCUT2D eigenvalue weighted by Crippen LogP contribution is 2.24. The summed E-state index contributed by atoms with van der Waals surface area (Å²) in [5.41, 5.74) is 1.95. The van der Waals surface area contributed by atoms with Gasteiger partial charge < -0.3 is 10.1 Å². The molecule has 0 bridgehead atoms. The van der Waals surface area contributed by atoms with Crippen molar-refractivity contribution >= 4 is 33.2 Å². The van der Waals surface area contributed by atoms with Gasteiger partial charge in [0.2, 0.25) is 15.9 Å². The molecule has 8 heteroatoms. The predicted molar refractivity (Wildman–Crippen MR) is 98.4 cm³/mol. The van der Waals surface area contributed by atoms with Crippen molar-refractivity contribution in [1.29, 1.82) is 0 Å². The third-order valence-corrected chi connectivity index (χ3v) is 4.97. The number of benzene rings is 2. The molecule has 0 aliphatic rings. The van der Waals surface area contributed by atoms with E-state index in [1.807, 2.05) is 19.1 Å². The first kappa shape index (κ1) is 19.2. The first-order chi connectivity index (χ1) is 11.8. The van der Waals surface area contributed by atoms with Crippen LogP contribution in [0.3, 0.4) is 0 Å². The Balaban J connectivity index is 1.99. The SMILES string of the molecule is COc1ccc(Cl)cc1CS(=O)(=O)NCC(=O)Nc1ccccc1C. The van der Waals surface area contributed by atoms with Crippen LogP contribution in [0.4, 0.5) is 5.69 Å². The van der Waals surface area contributed by atoms with Gasteiger partial charge in [0, 0.05) is 16.3 Å². The summed E-state index contributed by atoms with van der Waals surface area (Å²) in [6, 6.07) is 12.0. The van der Waals surface area contributed by atoms with Crippen LogP contribution >= 0.6 is 11.6 Å². The minimum absolute atomic E-state index is 0.339. The van der Waals surface area contributed by atoms with E-state index in [4.69, 9.17) is 16.3 Å². The summed E-state index contributed by atoms with van der Waals surface area (Å²) >= 11 is 5.90. The number of rotatable bonds is 7. The molecule has 0 aliphatic carbocycles. The van der Waals surface area contributed by atoms with Crippen molar-refractivity contribution in [2.45, 2.75) is 12.7 Å². The van der Waals surface area contributed by atoms with Gasteiger partial charge in [0.25, 0.3) is 0 Å². The molecule has 0 fully saturated rings. The molecule has 6 nitrogen and oxygen atoms in total. The van der Waals surface area contributed by atoms with Crippen LogP contribution in [0, 0.1) is 6.92 Å². The number of amides is 1. The Bertz CT molecular complexity index is 869. The number of hydrogen-bond acceptors (Lipinski definition) is 4. The monoisotopic (exact) mass is 382 g/mol. The highest BCUT2D eigenvalue weighted by atomic mass is 35.5. The first-order valence-corrected chi connectivity index (χ1v) is 9.49. The molecule has 2 rings (SSSR count). The third-order valence-electron chi connectivity index (χ3n) is 3.46. The van der Waals surface area contributed by atoms with Crippen molar-refractivity contribution in [2.24, 2.45) is 0 Å². The molecule has 0 atom stereocenters. The molecule has 2 aromatic rings. The van der Waals surface area contributed by atoms with E-state index in [2.05, 4.69) is 10.0 Å². The maximum absolute atomic E-state index is 12.2. The van der Waals surface area contributed by atoms with Gasteiger partial charge >= 0.3 is 0 Å². The van der Waals surface area contributed by atoms with Crippen molar-refractivity contribution in [2.75, 3.05) is 19.0 Å². The van der Waals surface area contributed by atoms with Gasteiger partial charge in [0.15, 0.2) is 0 Å². The van der Waals surface area contributed by atoms with Gasteiger partial charge in [-0.2, -0.15) is 0 Å². The third kappa shape index (κ3) is 5.74. The molecule has 0 radical (unpaired) electrons. The van der Waals surface area contributed by atoms with Crippen molar-refractivity contribution in [1.82, 2.24) is 4.72 Å². The van der Waals surface area contributed by atoms with E-state index in [0.29, 0.717) is 22.0 Å². The fourth-order valence-corrected chi connectivity index (χ4v) is 3.48. The van der Waals surface area contributed by atoms with E-state index in [9.17, 15) is 13.2 Å². The van der Waals surface area contributed by atoms with Crippen molar-refractivity contribution < 1.29 is 17.9 Å². The largest absolute Gasteiger partial charge is 0.496 e. The Hall–Kier alpha value is -2.09. The second kappa shape index (κ2) is 8.33. The molecule has 0 unspecified atom stereocenters. The predicted octanol–water partition coefficient (Wildman–Crippen LogP) is 2.72. The smallest absolute Gasteiger partial charge is 0.239 e. The lowest BCUT2D eigenvalue weighted by atomic mass is 10.2.